The molecule has 4 rings (SSSR count). The van der Waals surface area contributed by atoms with Gasteiger partial charge in [-0.2, -0.15) is 5.10 Å². The molecule has 0 saturated carbocycles. The molecule has 2 amide bonds. The van der Waals surface area contributed by atoms with E-state index in [4.69, 9.17) is 11.5 Å². The highest BCUT2D eigenvalue weighted by molar-refractivity contribution is 6.09. The summed E-state index contributed by atoms with van der Waals surface area (Å²) in [6.45, 7) is 10.1. The van der Waals surface area contributed by atoms with E-state index in [-0.39, 0.29) is 28.3 Å². The minimum Gasteiger partial charge on any atom is -0.401 e. The lowest BCUT2D eigenvalue weighted by Crippen LogP contribution is -2.34. The molecule has 0 spiro atoms. The molecule has 0 unspecified atom stereocenters. The van der Waals surface area contributed by atoms with Crippen LogP contribution in [0, 0.1) is 11.2 Å². The number of aromatic nitrogens is 4. The smallest absolute Gasteiger partial charge is 0.324 e. The number of carbonyl (C=O) groups is 1. The number of hydrogen-bond acceptors (Lipinski definition) is 7. The normalized spacial score (nSPS) is 12.7. The molecule has 0 bridgehead atoms. The van der Waals surface area contributed by atoms with E-state index >= 15 is 4.39 Å². The zero-order chi connectivity index (χ0) is 29.2. The molecule has 2 aromatic carbocycles. The van der Waals surface area contributed by atoms with Crippen molar-refractivity contribution in [2.75, 3.05) is 11.1 Å². The predicted molar refractivity (Wildman–Crippen MR) is 158 cm³/mol. The fraction of sp³-hybridized carbons (Fsp3) is 0.276. The highest BCUT2D eigenvalue weighted by atomic mass is 19.1. The second-order valence-corrected chi connectivity index (χ2v) is 10.8. The van der Waals surface area contributed by atoms with E-state index in [2.05, 4.69) is 44.5 Å². The summed E-state index contributed by atoms with van der Waals surface area (Å²) in [7, 11) is 1.69. The van der Waals surface area contributed by atoms with Crippen molar-refractivity contribution in [3.05, 3.63) is 71.9 Å². The lowest BCUT2D eigenvalue weighted by atomic mass is 9.92. The highest BCUT2D eigenvalue weighted by Gasteiger charge is 2.19. The van der Waals surface area contributed by atoms with Crippen LogP contribution in [0.25, 0.3) is 22.3 Å². The van der Waals surface area contributed by atoms with Gasteiger partial charge < -0.3 is 16.8 Å². The van der Waals surface area contributed by atoms with Gasteiger partial charge in [-0.3, -0.25) is 5.32 Å². The number of fused-ring (bicyclic) bond motifs is 1. The fourth-order valence-electron chi connectivity index (χ4n) is 3.89. The third kappa shape index (κ3) is 6.25. The van der Waals surface area contributed by atoms with Crippen LogP contribution in [0.4, 0.5) is 26.4 Å². The standard InChI is InChI=1S/C29H34FN9O/c1-16(2)17-7-9-18(10-8-17)35-23(14-22(31)29(3,4)5)37-28(40)36-19-11-12-20(21(30)13-19)25-24-26(32)33-15-34-27(24)39(6)38-25/h7-16H,31H2,1-6H3,(H2,32,33,34)(H2,35,36,37,40). The number of amides is 2. The third-order valence-electron chi connectivity index (χ3n) is 6.34. The molecule has 2 heterocycles. The van der Waals surface area contributed by atoms with E-state index in [9.17, 15) is 4.79 Å². The Bertz CT molecular complexity index is 1610. The second-order valence-electron chi connectivity index (χ2n) is 10.8. The molecule has 0 atom stereocenters. The van der Waals surface area contributed by atoms with Crippen molar-refractivity contribution in [3.63, 3.8) is 0 Å². The Hall–Kier alpha value is -4.80. The minimum absolute atomic E-state index is 0.197. The first kappa shape index (κ1) is 28.2. The average molecular weight is 544 g/mol. The number of hydrogen-bond donors (Lipinski definition) is 4. The van der Waals surface area contributed by atoms with Gasteiger partial charge in [-0.05, 0) is 41.8 Å². The summed E-state index contributed by atoms with van der Waals surface area (Å²) in [5, 5.41) is 10.2. The van der Waals surface area contributed by atoms with E-state index in [0.29, 0.717) is 34.0 Å². The van der Waals surface area contributed by atoms with Gasteiger partial charge in [-0.25, -0.2) is 28.8 Å². The van der Waals surface area contributed by atoms with Crippen molar-refractivity contribution < 1.29 is 9.18 Å². The van der Waals surface area contributed by atoms with E-state index < -0.39 is 11.8 Å². The summed E-state index contributed by atoms with van der Waals surface area (Å²) >= 11 is 0. The number of allylic oxidation sites excluding steroid dienone is 1. The van der Waals surface area contributed by atoms with E-state index in [1.54, 1.807) is 19.2 Å². The van der Waals surface area contributed by atoms with Crippen LogP contribution in [-0.2, 0) is 7.05 Å². The van der Waals surface area contributed by atoms with Crippen molar-refractivity contribution in [1.82, 2.24) is 25.1 Å². The maximum absolute atomic E-state index is 15.2. The molecule has 0 aliphatic heterocycles. The van der Waals surface area contributed by atoms with Gasteiger partial charge in [0.15, 0.2) is 5.65 Å². The maximum Gasteiger partial charge on any atom is 0.324 e. The SMILES string of the molecule is CC(C)c1ccc(N=C(C=C(N)C(C)(C)C)NC(=O)Nc2ccc(-c3nn(C)c4ncnc(N)c34)c(F)c2)cc1. The van der Waals surface area contributed by atoms with E-state index in [1.165, 1.54) is 28.7 Å². The number of aliphatic imine (C=N–C) groups is 1. The first-order valence-corrected chi connectivity index (χ1v) is 12.8. The van der Waals surface area contributed by atoms with Crippen molar-refractivity contribution in [2.24, 2.45) is 23.2 Å². The molecule has 2 aromatic heterocycles. The van der Waals surface area contributed by atoms with Gasteiger partial charge in [0.1, 0.15) is 29.5 Å². The van der Waals surface area contributed by atoms with Crippen LogP contribution in [0.15, 0.2) is 65.6 Å². The number of anilines is 2. The Morgan fingerprint density at radius 2 is 1.82 bits per heavy atom. The molecule has 0 aliphatic carbocycles. The van der Waals surface area contributed by atoms with Crippen LogP contribution in [-0.4, -0.2) is 31.6 Å². The predicted octanol–water partition coefficient (Wildman–Crippen LogP) is 5.62. The zero-order valence-corrected chi connectivity index (χ0v) is 23.5. The number of benzene rings is 2. The molecule has 10 nitrogen and oxygen atoms in total. The Balaban J connectivity index is 1.58. The molecule has 0 aliphatic rings. The number of nitrogen functional groups attached to an aromatic ring is 1. The van der Waals surface area contributed by atoms with Crippen molar-refractivity contribution >= 4 is 40.1 Å². The zero-order valence-electron chi connectivity index (χ0n) is 23.5. The van der Waals surface area contributed by atoms with Gasteiger partial charge in [0.25, 0.3) is 0 Å². The average Bonchev–Trinajstić information content (AvgIpc) is 3.21. The van der Waals surface area contributed by atoms with Gasteiger partial charge in [-0.1, -0.05) is 46.8 Å². The quantitative estimate of drug-likeness (QED) is 0.190. The molecule has 0 radical (unpaired) electrons. The number of rotatable bonds is 5. The first-order valence-electron chi connectivity index (χ1n) is 12.8. The monoisotopic (exact) mass is 543 g/mol. The number of urea groups is 1. The molecular formula is C29H34FN9O. The van der Waals surface area contributed by atoms with Crippen molar-refractivity contribution in [3.8, 4) is 11.3 Å². The van der Waals surface area contributed by atoms with E-state index in [1.807, 2.05) is 45.0 Å². The van der Waals surface area contributed by atoms with Crippen LogP contribution in [0.1, 0.15) is 46.1 Å². The minimum atomic E-state index is -0.608. The van der Waals surface area contributed by atoms with Crippen molar-refractivity contribution in [1.29, 1.82) is 0 Å². The summed E-state index contributed by atoms with van der Waals surface area (Å²) in [6, 6.07) is 11.4. The van der Waals surface area contributed by atoms with Gasteiger partial charge in [0.05, 0.1) is 11.1 Å². The Kier molecular flexibility index (Phi) is 7.85. The molecule has 208 valence electrons. The van der Waals surface area contributed by atoms with Crippen LogP contribution in [0.2, 0.25) is 0 Å². The number of carbonyl (C=O) groups excluding carboxylic acids is 1. The molecular weight excluding hydrogens is 509 g/mol. The Morgan fingerprint density at radius 1 is 1.12 bits per heavy atom. The lowest BCUT2D eigenvalue weighted by molar-refractivity contribution is 0.256. The van der Waals surface area contributed by atoms with Gasteiger partial charge in [0.2, 0.25) is 0 Å². The number of halogens is 1. The van der Waals surface area contributed by atoms with Crippen LogP contribution in [0.3, 0.4) is 0 Å². The van der Waals surface area contributed by atoms with Crippen LogP contribution >= 0.6 is 0 Å². The van der Waals surface area contributed by atoms with Gasteiger partial charge in [0, 0.05) is 35.5 Å². The number of nitrogens with zero attached hydrogens (tertiary/aromatic N) is 5. The lowest BCUT2D eigenvalue weighted by Gasteiger charge is -2.19. The summed E-state index contributed by atoms with van der Waals surface area (Å²) in [5.41, 5.74) is 15.5. The maximum atomic E-state index is 15.2. The molecule has 0 saturated heterocycles. The number of nitrogens with two attached hydrogens (primary N) is 2. The van der Waals surface area contributed by atoms with Gasteiger partial charge >= 0.3 is 6.03 Å². The molecule has 6 N–H and O–H groups in total. The molecule has 0 fully saturated rings. The van der Waals surface area contributed by atoms with Crippen LogP contribution < -0.4 is 22.1 Å². The summed E-state index contributed by atoms with van der Waals surface area (Å²) in [5.74, 6) is 0.223. The molecule has 4 aromatic rings. The second kappa shape index (κ2) is 11.1. The third-order valence-corrected chi connectivity index (χ3v) is 6.34. The summed E-state index contributed by atoms with van der Waals surface area (Å²) in [6.07, 6.45) is 2.95. The topological polar surface area (TPSA) is 149 Å². The van der Waals surface area contributed by atoms with Crippen molar-refractivity contribution in [2.45, 2.75) is 40.5 Å². The Labute approximate surface area is 232 Å². The Morgan fingerprint density at radius 3 is 2.45 bits per heavy atom. The number of nitrogens with one attached hydrogen (secondary N) is 2. The van der Waals surface area contributed by atoms with E-state index in [0.717, 1.165) is 0 Å². The summed E-state index contributed by atoms with van der Waals surface area (Å²) in [4.78, 5) is 25.7. The molecule has 40 heavy (non-hydrogen) atoms. The molecule has 11 heteroatoms. The first-order chi connectivity index (χ1) is 18.8. The van der Waals surface area contributed by atoms with Crippen LogP contribution in [0.5, 0.6) is 0 Å². The summed E-state index contributed by atoms with van der Waals surface area (Å²) < 4.78 is 16.8. The number of amidine groups is 1. The van der Waals surface area contributed by atoms with Gasteiger partial charge in [-0.15, -0.1) is 0 Å². The number of aryl methyl sites for hydroxylation is 1. The largest absolute Gasteiger partial charge is 0.401 e. The highest BCUT2D eigenvalue weighted by Crippen LogP contribution is 2.32. The fourth-order valence-corrected chi connectivity index (χ4v) is 3.89.